The number of anilines is 1. The zero-order valence-electron chi connectivity index (χ0n) is 15.2. The molecule has 0 unspecified atom stereocenters. The van der Waals surface area contributed by atoms with Crippen molar-refractivity contribution < 1.29 is 27.6 Å². The van der Waals surface area contributed by atoms with Crippen LogP contribution in [0.3, 0.4) is 0 Å². The third-order valence-electron chi connectivity index (χ3n) is 3.67. The van der Waals surface area contributed by atoms with Gasteiger partial charge in [0, 0.05) is 11.3 Å². The minimum atomic E-state index is -4.52. The van der Waals surface area contributed by atoms with Crippen LogP contribution in [0.5, 0.6) is 0 Å². The number of hydrogen-bond donors (Lipinski definition) is 4. The van der Waals surface area contributed by atoms with Crippen LogP contribution in [0.15, 0.2) is 18.2 Å². The van der Waals surface area contributed by atoms with Gasteiger partial charge in [-0.2, -0.15) is 13.2 Å². The van der Waals surface area contributed by atoms with Gasteiger partial charge in [-0.3, -0.25) is 14.4 Å². The fourth-order valence-corrected chi connectivity index (χ4v) is 1.96. The molecule has 1 aromatic carbocycles. The quantitative estimate of drug-likeness (QED) is 0.564. The molecule has 0 saturated heterocycles. The predicted octanol–water partition coefficient (Wildman–Crippen LogP) is 1.33. The number of aryl methyl sites for hydroxylation is 1. The predicted molar refractivity (Wildman–Crippen MR) is 94.0 cm³/mol. The van der Waals surface area contributed by atoms with Gasteiger partial charge in [-0.05, 0) is 30.5 Å². The number of rotatable bonds is 7. The molecule has 1 atom stereocenters. The van der Waals surface area contributed by atoms with E-state index < -0.39 is 36.5 Å². The van der Waals surface area contributed by atoms with Crippen LogP contribution in [-0.4, -0.2) is 43.0 Å². The Kier molecular flexibility index (Phi) is 7.77. The summed E-state index contributed by atoms with van der Waals surface area (Å²) in [5.41, 5.74) is 6.48. The lowest BCUT2D eigenvalue weighted by atomic mass is 10.1. The Hall–Kier alpha value is -2.62. The summed E-state index contributed by atoms with van der Waals surface area (Å²) in [7, 11) is 0. The number of amides is 3. The first-order valence-corrected chi connectivity index (χ1v) is 8.19. The summed E-state index contributed by atoms with van der Waals surface area (Å²) in [6.07, 6.45) is -4.52. The molecule has 27 heavy (non-hydrogen) atoms. The molecule has 7 nitrogen and oxygen atoms in total. The van der Waals surface area contributed by atoms with Crippen LogP contribution >= 0.6 is 0 Å². The molecule has 0 spiro atoms. The van der Waals surface area contributed by atoms with E-state index in [1.807, 2.05) is 0 Å². The number of halogens is 3. The minimum absolute atomic E-state index is 0.0361. The van der Waals surface area contributed by atoms with E-state index in [1.165, 1.54) is 18.2 Å². The number of alkyl halides is 3. The molecule has 1 rings (SSSR count). The van der Waals surface area contributed by atoms with E-state index in [0.717, 1.165) is 0 Å². The van der Waals surface area contributed by atoms with Crippen molar-refractivity contribution >= 4 is 23.4 Å². The van der Waals surface area contributed by atoms with E-state index in [0.29, 0.717) is 5.56 Å². The smallest absolute Gasteiger partial charge is 0.346 e. The first-order chi connectivity index (χ1) is 12.4. The van der Waals surface area contributed by atoms with Gasteiger partial charge in [-0.25, -0.2) is 0 Å². The van der Waals surface area contributed by atoms with E-state index in [1.54, 1.807) is 26.1 Å². The molecule has 0 radical (unpaired) electrons. The molecule has 3 amide bonds. The van der Waals surface area contributed by atoms with Gasteiger partial charge >= 0.3 is 6.18 Å². The van der Waals surface area contributed by atoms with Gasteiger partial charge in [0.05, 0.1) is 12.6 Å². The lowest BCUT2D eigenvalue weighted by Gasteiger charge is -2.15. The third-order valence-corrected chi connectivity index (χ3v) is 3.67. The summed E-state index contributed by atoms with van der Waals surface area (Å²) in [5, 5.41) is 6.66. The van der Waals surface area contributed by atoms with Crippen LogP contribution in [0.1, 0.15) is 29.8 Å². The Morgan fingerprint density at radius 3 is 2.33 bits per heavy atom. The summed E-state index contributed by atoms with van der Waals surface area (Å²) in [6, 6.07) is 3.35. The molecule has 1 aromatic rings. The van der Waals surface area contributed by atoms with Crippen LogP contribution < -0.4 is 21.7 Å². The molecule has 0 bridgehead atoms. The molecule has 0 saturated carbocycles. The highest BCUT2D eigenvalue weighted by Gasteiger charge is 2.28. The van der Waals surface area contributed by atoms with E-state index >= 15 is 0 Å². The maximum Gasteiger partial charge on any atom is 0.405 e. The van der Waals surface area contributed by atoms with E-state index in [4.69, 9.17) is 5.73 Å². The second kappa shape index (κ2) is 9.36. The summed E-state index contributed by atoms with van der Waals surface area (Å²) < 4.78 is 36.6. The van der Waals surface area contributed by atoms with Gasteiger partial charge in [0.15, 0.2) is 0 Å². The topological polar surface area (TPSA) is 113 Å². The second-order valence-electron chi connectivity index (χ2n) is 6.36. The van der Waals surface area contributed by atoms with Crippen molar-refractivity contribution in [3.8, 4) is 0 Å². The lowest BCUT2D eigenvalue weighted by Crippen LogP contribution is -2.46. The van der Waals surface area contributed by atoms with E-state index in [2.05, 4.69) is 10.6 Å². The Bertz CT molecular complexity index is 705. The number of carbonyl (C=O) groups is 3. The minimum Gasteiger partial charge on any atom is -0.346 e. The van der Waals surface area contributed by atoms with Crippen molar-refractivity contribution in [1.82, 2.24) is 10.6 Å². The maximum absolute atomic E-state index is 12.2. The molecule has 5 N–H and O–H groups in total. The van der Waals surface area contributed by atoms with E-state index in [-0.39, 0.29) is 23.7 Å². The van der Waals surface area contributed by atoms with Crippen molar-refractivity contribution in [3.05, 3.63) is 29.3 Å². The molecule has 0 aliphatic carbocycles. The number of carbonyl (C=O) groups excluding carboxylic acids is 3. The lowest BCUT2D eigenvalue weighted by molar-refractivity contribution is -0.125. The van der Waals surface area contributed by atoms with E-state index in [9.17, 15) is 27.6 Å². The fourth-order valence-electron chi connectivity index (χ4n) is 1.96. The number of hydrogen-bond acceptors (Lipinski definition) is 4. The molecule has 10 heteroatoms. The van der Waals surface area contributed by atoms with Gasteiger partial charge in [0.25, 0.3) is 5.91 Å². The summed E-state index contributed by atoms with van der Waals surface area (Å²) >= 11 is 0. The first kappa shape index (κ1) is 22.4. The zero-order valence-corrected chi connectivity index (χ0v) is 15.2. The number of nitrogens with two attached hydrogens (primary N) is 1. The zero-order chi connectivity index (χ0) is 20.8. The third kappa shape index (κ3) is 7.65. The highest BCUT2D eigenvalue weighted by molar-refractivity contribution is 5.99. The van der Waals surface area contributed by atoms with Gasteiger partial charge in [-0.15, -0.1) is 0 Å². The highest BCUT2D eigenvalue weighted by atomic mass is 19.4. The normalized spacial score (nSPS) is 12.4. The summed E-state index contributed by atoms with van der Waals surface area (Å²) in [6.45, 7) is 3.40. The van der Waals surface area contributed by atoms with Crippen LogP contribution in [-0.2, 0) is 9.59 Å². The van der Waals surface area contributed by atoms with Gasteiger partial charge in [0.2, 0.25) is 11.8 Å². The summed E-state index contributed by atoms with van der Waals surface area (Å²) in [4.78, 5) is 35.5. The molecule has 0 aliphatic heterocycles. The maximum atomic E-state index is 12.2. The molecule has 0 aliphatic rings. The summed E-state index contributed by atoms with van der Waals surface area (Å²) in [5.74, 6) is -2.05. The number of benzene rings is 1. The van der Waals surface area contributed by atoms with Crippen LogP contribution in [0.2, 0.25) is 0 Å². The van der Waals surface area contributed by atoms with Crippen LogP contribution in [0.25, 0.3) is 0 Å². The molecule has 0 heterocycles. The Morgan fingerprint density at radius 2 is 1.78 bits per heavy atom. The van der Waals surface area contributed by atoms with Crippen molar-refractivity contribution in [1.29, 1.82) is 0 Å². The first-order valence-electron chi connectivity index (χ1n) is 8.19. The van der Waals surface area contributed by atoms with Crippen molar-refractivity contribution in [2.24, 2.45) is 11.7 Å². The van der Waals surface area contributed by atoms with Gasteiger partial charge in [-0.1, -0.05) is 19.9 Å². The van der Waals surface area contributed by atoms with Gasteiger partial charge in [0.1, 0.15) is 6.54 Å². The molecule has 150 valence electrons. The van der Waals surface area contributed by atoms with Crippen molar-refractivity contribution in [2.45, 2.75) is 33.0 Å². The highest BCUT2D eigenvalue weighted by Crippen LogP contribution is 2.18. The Morgan fingerprint density at radius 1 is 1.15 bits per heavy atom. The fraction of sp³-hybridized carbons (Fsp3) is 0.471. The Labute approximate surface area is 154 Å². The second-order valence-corrected chi connectivity index (χ2v) is 6.36. The molecular weight excluding hydrogens is 365 g/mol. The van der Waals surface area contributed by atoms with Crippen LogP contribution in [0.4, 0.5) is 18.9 Å². The van der Waals surface area contributed by atoms with Crippen molar-refractivity contribution in [3.63, 3.8) is 0 Å². The van der Waals surface area contributed by atoms with Crippen molar-refractivity contribution in [2.75, 3.05) is 18.4 Å². The number of nitrogens with one attached hydrogen (secondary N) is 3. The molecule has 0 aromatic heterocycles. The standard InChI is InChI=1S/C17H23F3N4O3/c1-9(2)14(21)16(27)22-7-13(25)24-12-6-11(5-4-10(12)3)15(26)23-8-17(18,19)20/h4-6,9,14H,7-8,21H2,1-3H3,(H,22,27)(H,23,26)(H,24,25)/t14-/m0/s1. The van der Waals surface area contributed by atoms with Gasteiger partial charge < -0.3 is 21.7 Å². The SMILES string of the molecule is Cc1ccc(C(=O)NCC(F)(F)F)cc1NC(=O)CNC(=O)[C@@H](N)C(C)C. The Balaban J connectivity index is 2.70. The van der Waals surface area contributed by atoms with Crippen LogP contribution in [0, 0.1) is 12.8 Å². The largest absolute Gasteiger partial charge is 0.405 e. The average Bonchev–Trinajstić information content (AvgIpc) is 2.58. The monoisotopic (exact) mass is 388 g/mol. The molecular formula is C17H23F3N4O3. The average molecular weight is 388 g/mol. The molecule has 0 fully saturated rings.